The average Bonchev–Trinajstić information content (AvgIpc) is 2.90. The quantitative estimate of drug-likeness (QED) is 0.626. The van der Waals surface area contributed by atoms with E-state index in [1.54, 1.807) is 23.1 Å². The molecule has 106 valence electrons. The first-order valence-corrected chi connectivity index (χ1v) is 6.58. The number of aromatic nitrogens is 1. The minimum Gasteiger partial charge on any atom is -0.307 e. The number of anilines is 1. The van der Waals surface area contributed by atoms with Gasteiger partial charge in [0.15, 0.2) is 0 Å². The lowest BCUT2D eigenvalue weighted by Gasteiger charge is -2.17. The van der Waals surface area contributed by atoms with E-state index in [4.69, 9.17) is 0 Å². The molecule has 21 heavy (non-hydrogen) atoms. The Hall–Kier alpha value is -2.76. The Balaban J connectivity index is 1.96. The number of nitrogens with zero attached hydrogens (tertiary/aromatic N) is 3. The Morgan fingerprint density at radius 3 is 2.81 bits per heavy atom. The Labute approximate surface area is 121 Å². The summed E-state index contributed by atoms with van der Waals surface area (Å²) in [6.45, 7) is 2.38. The second kappa shape index (κ2) is 4.97. The maximum Gasteiger partial charge on any atom is 0.271 e. The number of aryl methyl sites for hydroxylation is 1. The van der Waals surface area contributed by atoms with Gasteiger partial charge in [0.2, 0.25) is 0 Å². The zero-order valence-electron chi connectivity index (χ0n) is 11.4. The van der Waals surface area contributed by atoms with Crippen molar-refractivity contribution in [3.8, 4) is 0 Å². The van der Waals surface area contributed by atoms with E-state index in [0.717, 1.165) is 11.3 Å². The molecule has 2 aromatic rings. The Kier molecular flexibility index (Phi) is 3.13. The minimum absolute atomic E-state index is 0.00418. The van der Waals surface area contributed by atoms with Crippen LogP contribution in [-0.4, -0.2) is 22.4 Å². The van der Waals surface area contributed by atoms with Gasteiger partial charge >= 0.3 is 0 Å². The second-order valence-electron chi connectivity index (χ2n) is 4.97. The molecule has 0 fully saturated rings. The molecular formula is C15H13N3O3. The van der Waals surface area contributed by atoms with Gasteiger partial charge in [0.05, 0.1) is 16.2 Å². The fourth-order valence-electron chi connectivity index (χ4n) is 2.44. The van der Waals surface area contributed by atoms with Crippen molar-refractivity contribution in [2.75, 3.05) is 11.4 Å². The van der Waals surface area contributed by atoms with Crippen molar-refractivity contribution in [1.82, 2.24) is 4.98 Å². The number of fused-ring (bicyclic) bond motifs is 1. The van der Waals surface area contributed by atoms with Crippen LogP contribution in [0.3, 0.4) is 0 Å². The summed E-state index contributed by atoms with van der Waals surface area (Å²) >= 11 is 0. The van der Waals surface area contributed by atoms with E-state index in [1.807, 2.05) is 6.92 Å². The second-order valence-corrected chi connectivity index (χ2v) is 4.97. The number of non-ortho nitro benzene ring substituents is 1. The summed E-state index contributed by atoms with van der Waals surface area (Å²) in [5.74, 6) is -0.179. The number of nitro benzene ring substituents is 1. The van der Waals surface area contributed by atoms with Crippen LogP contribution < -0.4 is 4.90 Å². The van der Waals surface area contributed by atoms with Crippen LogP contribution in [-0.2, 0) is 6.42 Å². The van der Waals surface area contributed by atoms with Crippen LogP contribution in [0.5, 0.6) is 0 Å². The van der Waals surface area contributed by atoms with Crippen LogP contribution >= 0.6 is 0 Å². The molecule has 1 aliphatic heterocycles. The van der Waals surface area contributed by atoms with Gasteiger partial charge in [-0.1, -0.05) is 6.07 Å². The molecule has 6 heteroatoms. The summed E-state index contributed by atoms with van der Waals surface area (Å²) in [5.41, 5.74) is 2.89. The summed E-state index contributed by atoms with van der Waals surface area (Å²) in [5, 5.41) is 10.9. The molecule has 1 aliphatic rings. The maximum atomic E-state index is 12.5. The number of carbonyl (C=O) groups excluding carboxylic acids is 1. The van der Waals surface area contributed by atoms with Crippen molar-refractivity contribution >= 4 is 17.3 Å². The molecule has 0 saturated heterocycles. The highest BCUT2D eigenvalue weighted by atomic mass is 16.6. The standard InChI is InChI=1S/C15H13N3O3/c1-10-2-3-12(9-16-10)15(19)17-7-6-11-4-5-13(18(20)21)8-14(11)17/h2-5,8-9H,6-7H2,1H3. The molecule has 0 N–H and O–H groups in total. The van der Waals surface area contributed by atoms with Gasteiger partial charge in [-0.25, -0.2) is 0 Å². The van der Waals surface area contributed by atoms with Gasteiger partial charge in [-0.15, -0.1) is 0 Å². The molecule has 1 aromatic carbocycles. The maximum absolute atomic E-state index is 12.5. The van der Waals surface area contributed by atoms with Gasteiger partial charge in [0.1, 0.15) is 0 Å². The van der Waals surface area contributed by atoms with Crippen LogP contribution in [0, 0.1) is 17.0 Å². The minimum atomic E-state index is -0.450. The number of hydrogen-bond acceptors (Lipinski definition) is 4. The van der Waals surface area contributed by atoms with Gasteiger partial charge in [-0.05, 0) is 31.0 Å². The summed E-state index contributed by atoms with van der Waals surface area (Å²) in [6, 6.07) is 8.15. The molecule has 6 nitrogen and oxygen atoms in total. The van der Waals surface area contributed by atoms with Gasteiger partial charge in [0.25, 0.3) is 11.6 Å². The van der Waals surface area contributed by atoms with Gasteiger partial charge < -0.3 is 4.90 Å². The van der Waals surface area contributed by atoms with E-state index in [2.05, 4.69) is 4.98 Å². The molecule has 0 spiro atoms. The zero-order chi connectivity index (χ0) is 15.0. The molecule has 0 radical (unpaired) electrons. The SMILES string of the molecule is Cc1ccc(C(=O)N2CCc3ccc([N+](=O)[O-])cc32)cn1. The highest BCUT2D eigenvalue weighted by Crippen LogP contribution is 2.32. The van der Waals surface area contributed by atoms with Crippen molar-refractivity contribution in [3.05, 3.63) is 63.5 Å². The van der Waals surface area contributed by atoms with Crippen LogP contribution in [0.25, 0.3) is 0 Å². The number of hydrogen-bond donors (Lipinski definition) is 0. The number of benzene rings is 1. The first kappa shape index (κ1) is 13.2. The van der Waals surface area contributed by atoms with E-state index < -0.39 is 4.92 Å². The molecule has 0 aliphatic carbocycles. The van der Waals surface area contributed by atoms with Crippen LogP contribution in [0.2, 0.25) is 0 Å². The molecule has 2 heterocycles. The van der Waals surface area contributed by atoms with Crippen molar-refractivity contribution in [1.29, 1.82) is 0 Å². The predicted molar refractivity (Wildman–Crippen MR) is 77.5 cm³/mol. The Bertz CT molecular complexity index is 725. The number of amides is 1. The smallest absolute Gasteiger partial charge is 0.271 e. The molecular weight excluding hydrogens is 270 g/mol. The summed E-state index contributed by atoms with van der Waals surface area (Å²) < 4.78 is 0. The first-order valence-electron chi connectivity index (χ1n) is 6.58. The Morgan fingerprint density at radius 2 is 2.14 bits per heavy atom. The van der Waals surface area contributed by atoms with E-state index in [0.29, 0.717) is 24.2 Å². The summed E-state index contributed by atoms with van der Waals surface area (Å²) in [4.78, 5) is 28.6. The van der Waals surface area contributed by atoms with Crippen molar-refractivity contribution in [2.24, 2.45) is 0 Å². The molecule has 0 unspecified atom stereocenters. The topological polar surface area (TPSA) is 76.3 Å². The third kappa shape index (κ3) is 2.35. The molecule has 1 aromatic heterocycles. The Morgan fingerprint density at radius 1 is 1.33 bits per heavy atom. The number of nitro groups is 1. The number of rotatable bonds is 2. The monoisotopic (exact) mass is 283 g/mol. The molecule has 3 rings (SSSR count). The molecule has 0 atom stereocenters. The number of pyridine rings is 1. The van der Waals surface area contributed by atoms with E-state index in [9.17, 15) is 14.9 Å². The fraction of sp³-hybridized carbons (Fsp3) is 0.200. The largest absolute Gasteiger partial charge is 0.307 e. The van der Waals surface area contributed by atoms with Crippen LogP contribution in [0.15, 0.2) is 36.5 Å². The van der Waals surface area contributed by atoms with Crippen molar-refractivity contribution in [3.63, 3.8) is 0 Å². The van der Waals surface area contributed by atoms with Crippen molar-refractivity contribution < 1.29 is 9.72 Å². The molecule has 0 saturated carbocycles. The molecule has 1 amide bonds. The van der Waals surface area contributed by atoms with Gasteiger partial charge in [0, 0.05) is 30.6 Å². The summed E-state index contributed by atoms with van der Waals surface area (Å²) in [6.07, 6.45) is 2.24. The average molecular weight is 283 g/mol. The van der Waals surface area contributed by atoms with E-state index in [-0.39, 0.29) is 11.6 Å². The van der Waals surface area contributed by atoms with Gasteiger partial charge in [-0.2, -0.15) is 0 Å². The fourth-order valence-corrected chi connectivity index (χ4v) is 2.44. The highest BCUT2D eigenvalue weighted by Gasteiger charge is 2.27. The lowest BCUT2D eigenvalue weighted by Crippen LogP contribution is -2.29. The third-order valence-electron chi connectivity index (χ3n) is 3.58. The normalized spacial score (nSPS) is 13.1. The zero-order valence-corrected chi connectivity index (χ0v) is 11.4. The van der Waals surface area contributed by atoms with Crippen molar-refractivity contribution in [2.45, 2.75) is 13.3 Å². The molecule has 0 bridgehead atoms. The van der Waals surface area contributed by atoms with Gasteiger partial charge in [-0.3, -0.25) is 19.9 Å². The number of carbonyl (C=O) groups is 1. The van der Waals surface area contributed by atoms with E-state index >= 15 is 0 Å². The lowest BCUT2D eigenvalue weighted by molar-refractivity contribution is -0.384. The summed E-state index contributed by atoms with van der Waals surface area (Å²) in [7, 11) is 0. The third-order valence-corrected chi connectivity index (χ3v) is 3.58. The first-order chi connectivity index (χ1) is 10.1. The van der Waals surface area contributed by atoms with E-state index in [1.165, 1.54) is 18.3 Å². The predicted octanol–water partition coefficient (Wildman–Crippen LogP) is 2.50. The highest BCUT2D eigenvalue weighted by molar-refractivity contribution is 6.07. The lowest BCUT2D eigenvalue weighted by atomic mass is 10.1. The van der Waals surface area contributed by atoms with Crippen LogP contribution in [0.1, 0.15) is 21.6 Å². The van der Waals surface area contributed by atoms with Crippen LogP contribution in [0.4, 0.5) is 11.4 Å².